The van der Waals surface area contributed by atoms with Gasteiger partial charge in [0.25, 0.3) is 0 Å². The Bertz CT molecular complexity index is 160. The van der Waals surface area contributed by atoms with Gasteiger partial charge in [0.1, 0.15) is 5.76 Å². The molecule has 0 rings (SSSR count). The maximum atomic E-state index is 8.49. The largest absolute Gasteiger partial charge is 0.509 e. The second-order valence-corrected chi connectivity index (χ2v) is 1.81. The van der Waals surface area contributed by atoms with Crippen molar-refractivity contribution in [1.29, 1.82) is 0 Å². The van der Waals surface area contributed by atoms with E-state index in [2.05, 4.69) is 6.58 Å². The summed E-state index contributed by atoms with van der Waals surface area (Å²) >= 11 is 5.41. The third kappa shape index (κ3) is 4.97. The highest BCUT2D eigenvalue weighted by molar-refractivity contribution is 6.31. The molecule has 0 amide bonds. The molecular weight excluding hydrogens is 138 g/mol. The third-order valence-corrected chi connectivity index (χ3v) is 0.846. The lowest BCUT2D eigenvalue weighted by atomic mass is 10.4. The number of nitrogens with two attached hydrogens (primary N) is 1. The summed E-state index contributed by atoms with van der Waals surface area (Å²) in [6.45, 7) is 3.20. The topological polar surface area (TPSA) is 46.2 Å². The molecule has 0 saturated heterocycles. The van der Waals surface area contributed by atoms with E-state index in [0.29, 0.717) is 5.03 Å². The fraction of sp³-hybridized carbons (Fsp3) is 0. The Labute approximate surface area is 58.9 Å². The van der Waals surface area contributed by atoms with Gasteiger partial charge in [0.05, 0.1) is 5.03 Å². The van der Waals surface area contributed by atoms with Gasteiger partial charge in [0.15, 0.2) is 0 Å². The van der Waals surface area contributed by atoms with Crippen LogP contribution in [-0.2, 0) is 0 Å². The minimum Gasteiger partial charge on any atom is -0.509 e. The van der Waals surface area contributed by atoms with Gasteiger partial charge in [0, 0.05) is 6.20 Å². The maximum Gasteiger partial charge on any atom is 0.108 e. The van der Waals surface area contributed by atoms with E-state index in [0.717, 1.165) is 0 Å². The third-order valence-electron chi connectivity index (χ3n) is 0.594. The minimum atomic E-state index is -0.0463. The van der Waals surface area contributed by atoms with Crippen LogP contribution in [0, 0.1) is 0 Å². The van der Waals surface area contributed by atoms with Gasteiger partial charge in [-0.25, -0.2) is 0 Å². The van der Waals surface area contributed by atoms with Crippen molar-refractivity contribution in [2.75, 3.05) is 0 Å². The SMILES string of the molecule is C=C(O)/C=C\C(Cl)=C/N. The van der Waals surface area contributed by atoms with Crippen molar-refractivity contribution in [1.82, 2.24) is 0 Å². The van der Waals surface area contributed by atoms with Crippen LogP contribution >= 0.6 is 11.6 Å². The first kappa shape index (κ1) is 8.11. The molecular formula is C6H8ClNO. The molecule has 0 fully saturated rings. The molecule has 0 aromatic carbocycles. The molecule has 0 aromatic rings. The van der Waals surface area contributed by atoms with E-state index in [9.17, 15) is 0 Å². The molecule has 3 heteroatoms. The Kier molecular flexibility index (Phi) is 3.64. The quantitative estimate of drug-likeness (QED) is 0.459. The molecule has 50 valence electrons. The molecule has 0 aliphatic carbocycles. The van der Waals surface area contributed by atoms with Crippen molar-refractivity contribution >= 4 is 11.6 Å². The molecule has 0 unspecified atom stereocenters. The maximum absolute atomic E-state index is 8.49. The van der Waals surface area contributed by atoms with Gasteiger partial charge < -0.3 is 10.8 Å². The summed E-state index contributed by atoms with van der Waals surface area (Å²) in [5.74, 6) is -0.0463. The Morgan fingerprint density at radius 3 is 2.44 bits per heavy atom. The highest BCUT2D eigenvalue weighted by atomic mass is 35.5. The smallest absolute Gasteiger partial charge is 0.108 e. The average Bonchev–Trinajstić information content (AvgIpc) is 1.83. The molecule has 0 heterocycles. The molecule has 0 radical (unpaired) electrons. The number of hydrogen-bond donors (Lipinski definition) is 2. The van der Waals surface area contributed by atoms with E-state index in [4.69, 9.17) is 22.4 Å². The first-order chi connectivity index (χ1) is 4.16. The van der Waals surface area contributed by atoms with Crippen LogP contribution in [0.1, 0.15) is 0 Å². The average molecular weight is 146 g/mol. The lowest BCUT2D eigenvalue weighted by molar-refractivity contribution is 0.435. The van der Waals surface area contributed by atoms with Crippen LogP contribution in [0.2, 0.25) is 0 Å². The summed E-state index contributed by atoms with van der Waals surface area (Å²) in [6, 6.07) is 0. The molecule has 3 N–H and O–H groups in total. The number of allylic oxidation sites excluding steroid dienone is 3. The monoisotopic (exact) mass is 145 g/mol. The molecule has 0 aromatic heterocycles. The van der Waals surface area contributed by atoms with Crippen LogP contribution in [0.25, 0.3) is 0 Å². The number of rotatable bonds is 2. The number of aliphatic hydroxyl groups excluding tert-OH is 1. The van der Waals surface area contributed by atoms with E-state index in [1.165, 1.54) is 18.4 Å². The van der Waals surface area contributed by atoms with Gasteiger partial charge in [-0.15, -0.1) is 0 Å². The van der Waals surface area contributed by atoms with Crippen LogP contribution in [0.4, 0.5) is 0 Å². The summed E-state index contributed by atoms with van der Waals surface area (Å²) in [5, 5.41) is 8.85. The van der Waals surface area contributed by atoms with Crippen molar-refractivity contribution in [3.05, 3.63) is 35.7 Å². The Hall–Kier alpha value is -0.890. The van der Waals surface area contributed by atoms with Crippen molar-refractivity contribution in [3.8, 4) is 0 Å². The Morgan fingerprint density at radius 1 is 1.56 bits per heavy atom. The van der Waals surface area contributed by atoms with Crippen molar-refractivity contribution in [2.24, 2.45) is 5.73 Å². The fourth-order valence-corrected chi connectivity index (χ4v) is 0.294. The second kappa shape index (κ2) is 4.04. The lowest BCUT2D eigenvalue weighted by Crippen LogP contribution is -1.78. The van der Waals surface area contributed by atoms with Crippen LogP contribution in [0.15, 0.2) is 35.7 Å². The summed E-state index contributed by atoms with van der Waals surface area (Å²) in [7, 11) is 0. The van der Waals surface area contributed by atoms with Crippen molar-refractivity contribution in [2.45, 2.75) is 0 Å². The second-order valence-electron chi connectivity index (χ2n) is 1.38. The Morgan fingerprint density at radius 2 is 2.11 bits per heavy atom. The zero-order valence-electron chi connectivity index (χ0n) is 4.84. The normalized spacial score (nSPS) is 12.3. The fourth-order valence-electron chi connectivity index (χ4n) is 0.231. The van der Waals surface area contributed by atoms with Gasteiger partial charge in [-0.1, -0.05) is 18.2 Å². The lowest BCUT2D eigenvalue weighted by Gasteiger charge is -1.84. The summed E-state index contributed by atoms with van der Waals surface area (Å²) in [4.78, 5) is 0. The first-order valence-corrected chi connectivity index (χ1v) is 2.68. The van der Waals surface area contributed by atoms with Crippen LogP contribution in [0.3, 0.4) is 0 Å². The van der Waals surface area contributed by atoms with Gasteiger partial charge in [-0.05, 0) is 12.2 Å². The number of halogens is 1. The zero-order chi connectivity index (χ0) is 7.28. The van der Waals surface area contributed by atoms with Gasteiger partial charge in [-0.3, -0.25) is 0 Å². The van der Waals surface area contributed by atoms with Crippen LogP contribution in [0.5, 0.6) is 0 Å². The summed E-state index contributed by atoms with van der Waals surface area (Å²) in [5.41, 5.74) is 5.00. The predicted molar refractivity (Wildman–Crippen MR) is 39.0 cm³/mol. The minimum absolute atomic E-state index is 0.0463. The molecule has 0 spiro atoms. The van der Waals surface area contributed by atoms with E-state index in [-0.39, 0.29) is 5.76 Å². The van der Waals surface area contributed by atoms with Gasteiger partial charge >= 0.3 is 0 Å². The van der Waals surface area contributed by atoms with Gasteiger partial charge in [-0.2, -0.15) is 0 Å². The van der Waals surface area contributed by atoms with Crippen molar-refractivity contribution in [3.63, 3.8) is 0 Å². The number of aliphatic hydroxyl groups is 1. The Balaban J connectivity index is 3.86. The zero-order valence-corrected chi connectivity index (χ0v) is 5.60. The van der Waals surface area contributed by atoms with E-state index in [1.54, 1.807) is 0 Å². The molecule has 2 nitrogen and oxygen atoms in total. The molecule has 0 saturated carbocycles. The molecule has 0 aliphatic heterocycles. The highest BCUT2D eigenvalue weighted by Crippen LogP contribution is 2.00. The predicted octanol–water partition coefficient (Wildman–Crippen LogP) is 1.65. The van der Waals surface area contributed by atoms with Crippen LogP contribution in [-0.4, -0.2) is 5.11 Å². The van der Waals surface area contributed by atoms with E-state index in [1.807, 2.05) is 0 Å². The highest BCUT2D eigenvalue weighted by Gasteiger charge is 1.80. The molecule has 0 atom stereocenters. The summed E-state index contributed by atoms with van der Waals surface area (Å²) < 4.78 is 0. The van der Waals surface area contributed by atoms with E-state index >= 15 is 0 Å². The van der Waals surface area contributed by atoms with Crippen molar-refractivity contribution < 1.29 is 5.11 Å². The molecule has 9 heavy (non-hydrogen) atoms. The first-order valence-electron chi connectivity index (χ1n) is 2.30. The standard InChI is InChI=1S/C6H8ClNO/c1-5(9)2-3-6(7)4-8/h2-4,9H,1,8H2/b3-2-,6-4+. The number of hydrogen-bond acceptors (Lipinski definition) is 2. The van der Waals surface area contributed by atoms with Crippen LogP contribution < -0.4 is 5.73 Å². The molecule has 0 bridgehead atoms. The summed E-state index contributed by atoms with van der Waals surface area (Å²) in [6.07, 6.45) is 4.02. The van der Waals surface area contributed by atoms with E-state index < -0.39 is 0 Å². The van der Waals surface area contributed by atoms with Gasteiger partial charge in [0.2, 0.25) is 0 Å². The molecule has 0 aliphatic rings.